The number of pyridine rings is 1. The molecule has 0 bridgehead atoms. The summed E-state index contributed by atoms with van der Waals surface area (Å²) in [6.45, 7) is 5.53. The molecule has 0 spiro atoms. The molecule has 1 aliphatic carbocycles. The summed E-state index contributed by atoms with van der Waals surface area (Å²) in [6, 6.07) is 7.94. The molecule has 13 heteroatoms. The molecular formula is C35H32F4N4O5. The van der Waals surface area contributed by atoms with E-state index in [9.17, 15) is 31.9 Å². The minimum absolute atomic E-state index is 0.0101. The van der Waals surface area contributed by atoms with Crippen LogP contribution in [0.1, 0.15) is 59.8 Å². The number of halogens is 4. The van der Waals surface area contributed by atoms with E-state index in [1.165, 1.54) is 42.2 Å². The predicted molar refractivity (Wildman–Crippen MR) is 169 cm³/mol. The minimum Gasteiger partial charge on any atom is -0.487 e. The number of carbonyl (C=O) groups is 3. The molecule has 48 heavy (non-hydrogen) atoms. The normalized spacial score (nSPS) is 12.6. The zero-order valence-corrected chi connectivity index (χ0v) is 26.6. The summed E-state index contributed by atoms with van der Waals surface area (Å²) in [6.07, 6.45) is 1.50. The molecule has 0 atom stereocenters. The maximum atomic E-state index is 14.0. The Hall–Kier alpha value is -5.33. The van der Waals surface area contributed by atoms with Crippen LogP contribution in [0.15, 0.2) is 54.4 Å². The molecule has 0 aliphatic heterocycles. The third kappa shape index (κ3) is 7.14. The maximum Gasteiger partial charge on any atom is 0.272 e. The van der Waals surface area contributed by atoms with Gasteiger partial charge in [-0.25, -0.2) is 27.2 Å². The average molecular weight is 665 g/mol. The Morgan fingerprint density at radius 3 is 2.44 bits per heavy atom. The lowest BCUT2D eigenvalue weighted by Crippen LogP contribution is -2.26. The highest BCUT2D eigenvalue weighted by Gasteiger charge is 2.29. The molecule has 1 aliphatic rings. The van der Waals surface area contributed by atoms with E-state index < -0.39 is 41.6 Å². The van der Waals surface area contributed by atoms with Crippen LogP contribution >= 0.6 is 0 Å². The van der Waals surface area contributed by atoms with Crippen LogP contribution in [0.3, 0.4) is 0 Å². The van der Waals surface area contributed by atoms with Gasteiger partial charge in [-0.2, -0.15) is 5.10 Å². The number of ether oxygens (including phenoxy) is 2. The van der Waals surface area contributed by atoms with Gasteiger partial charge in [0, 0.05) is 41.9 Å². The number of carbonyl (C=O) groups excluding carboxylic acids is 3. The highest BCUT2D eigenvalue weighted by Crippen LogP contribution is 2.36. The first-order chi connectivity index (χ1) is 22.6. The summed E-state index contributed by atoms with van der Waals surface area (Å²) >= 11 is 0. The molecule has 0 unspecified atom stereocenters. The average Bonchev–Trinajstić information content (AvgIpc) is 3.60. The number of rotatable bonds is 13. The third-order valence-corrected chi connectivity index (χ3v) is 8.13. The molecule has 2 heterocycles. The summed E-state index contributed by atoms with van der Waals surface area (Å²) in [5, 5.41) is 4.26. The van der Waals surface area contributed by atoms with Crippen molar-refractivity contribution in [1.29, 1.82) is 0 Å². The van der Waals surface area contributed by atoms with Gasteiger partial charge < -0.3 is 15.2 Å². The Morgan fingerprint density at radius 2 is 1.79 bits per heavy atom. The van der Waals surface area contributed by atoms with Crippen LogP contribution in [-0.2, 0) is 22.4 Å². The van der Waals surface area contributed by atoms with Gasteiger partial charge in [-0.1, -0.05) is 26.0 Å². The Labute approximate surface area is 273 Å². The Bertz CT molecular complexity index is 1950. The summed E-state index contributed by atoms with van der Waals surface area (Å²) in [5.41, 5.74) is 8.47. The minimum atomic E-state index is -2.75. The Kier molecular flexibility index (Phi) is 9.51. The van der Waals surface area contributed by atoms with Crippen LogP contribution in [0, 0.1) is 24.0 Å². The molecule has 2 aromatic heterocycles. The molecule has 4 aromatic rings. The van der Waals surface area contributed by atoms with Crippen LogP contribution in [0.5, 0.6) is 17.4 Å². The van der Waals surface area contributed by atoms with Gasteiger partial charge in [0.15, 0.2) is 17.4 Å². The summed E-state index contributed by atoms with van der Waals surface area (Å²) < 4.78 is 66.1. The van der Waals surface area contributed by atoms with Gasteiger partial charge in [-0.3, -0.25) is 14.4 Å². The predicted octanol–water partition coefficient (Wildman–Crippen LogP) is 6.81. The highest BCUT2D eigenvalue weighted by atomic mass is 19.3. The zero-order chi connectivity index (χ0) is 34.9. The number of nitrogens with zero attached hydrogens (tertiary/aromatic N) is 3. The largest absolute Gasteiger partial charge is 0.487 e. The van der Waals surface area contributed by atoms with E-state index in [0.29, 0.717) is 33.5 Å². The van der Waals surface area contributed by atoms with Crippen molar-refractivity contribution in [3.05, 3.63) is 93.8 Å². The molecule has 2 N–H and O–H groups in total. The molecule has 9 nitrogen and oxygen atoms in total. The third-order valence-electron chi connectivity index (χ3n) is 8.13. The molecule has 0 amide bonds. The fourth-order valence-corrected chi connectivity index (χ4v) is 5.27. The maximum absolute atomic E-state index is 14.0. The molecule has 0 saturated carbocycles. The van der Waals surface area contributed by atoms with Crippen molar-refractivity contribution in [3.8, 4) is 23.1 Å². The summed E-state index contributed by atoms with van der Waals surface area (Å²) in [5.74, 6) is -3.19. The number of hydrogen-bond acceptors (Lipinski definition) is 8. The number of ketones is 3. The number of nitrogen functional groups attached to an aromatic ring is 1. The van der Waals surface area contributed by atoms with Crippen molar-refractivity contribution in [3.63, 3.8) is 0 Å². The lowest BCUT2D eigenvalue weighted by atomic mass is 9.82. The van der Waals surface area contributed by atoms with E-state index in [2.05, 4.69) is 10.1 Å². The van der Waals surface area contributed by atoms with Gasteiger partial charge in [0.05, 0.1) is 23.6 Å². The first-order valence-electron chi connectivity index (χ1n) is 14.9. The van der Waals surface area contributed by atoms with Gasteiger partial charge in [-0.15, -0.1) is 0 Å². The fraction of sp³-hybridized carbons (Fsp3) is 0.286. The van der Waals surface area contributed by atoms with Gasteiger partial charge in [-0.05, 0) is 54.8 Å². The van der Waals surface area contributed by atoms with Crippen molar-refractivity contribution in [2.24, 2.45) is 5.41 Å². The molecule has 5 rings (SSSR count). The van der Waals surface area contributed by atoms with E-state index in [1.54, 1.807) is 32.9 Å². The van der Waals surface area contributed by atoms with Crippen molar-refractivity contribution in [2.75, 3.05) is 12.3 Å². The van der Waals surface area contributed by atoms with Crippen molar-refractivity contribution < 1.29 is 41.4 Å². The quantitative estimate of drug-likeness (QED) is 0.122. The molecular weight excluding hydrogens is 632 g/mol. The Balaban J connectivity index is 1.37. The molecule has 2 aromatic carbocycles. The lowest BCUT2D eigenvalue weighted by Gasteiger charge is -2.20. The van der Waals surface area contributed by atoms with Crippen LogP contribution in [0.25, 0.3) is 11.8 Å². The van der Waals surface area contributed by atoms with E-state index in [4.69, 9.17) is 15.2 Å². The van der Waals surface area contributed by atoms with Gasteiger partial charge in [0.2, 0.25) is 11.6 Å². The number of hydrogen-bond donors (Lipinski definition) is 1. The van der Waals surface area contributed by atoms with E-state index in [1.807, 2.05) is 0 Å². The monoisotopic (exact) mass is 664 g/mol. The highest BCUT2D eigenvalue weighted by molar-refractivity contribution is 6.15. The molecule has 0 fully saturated rings. The van der Waals surface area contributed by atoms with Crippen LogP contribution < -0.4 is 15.2 Å². The number of fused-ring (bicyclic) bond motifs is 1. The first-order valence-corrected chi connectivity index (χ1v) is 14.9. The van der Waals surface area contributed by atoms with E-state index >= 15 is 0 Å². The SMILES string of the molecule is CC(=O)C(C)(C)CC(=O)Cc1cc2c(cc1OCC(F)F)C=C(C(=O)c1cnn(-c3cnc(Oc4c(F)cccc4F)cc3C)c1N)C2. The standard InChI is InChI=1S/C35H32F4N4O5/c1-18-8-31(48-33-26(36)6-5-7-27(33)37)41-16-28(18)43-34(40)25(15-42-43)32(46)23-10-20-9-22(12-24(45)14-35(3,4)19(2)44)29(13-21(20)11-23)47-17-30(38)39/h5-9,11,13,15-16,30H,10,12,14,17,40H2,1-4H3. The zero-order valence-electron chi connectivity index (χ0n) is 26.6. The van der Waals surface area contributed by atoms with Gasteiger partial charge in [0.25, 0.3) is 6.43 Å². The fourth-order valence-electron chi connectivity index (χ4n) is 5.27. The van der Waals surface area contributed by atoms with E-state index in [-0.39, 0.29) is 53.8 Å². The first kappa shape index (κ1) is 34.0. The van der Waals surface area contributed by atoms with E-state index in [0.717, 1.165) is 12.1 Å². The number of benzene rings is 2. The van der Waals surface area contributed by atoms with Crippen LogP contribution in [-0.4, -0.2) is 45.1 Å². The smallest absolute Gasteiger partial charge is 0.272 e. The second-order valence-electron chi connectivity index (χ2n) is 12.2. The van der Waals surface area contributed by atoms with Crippen molar-refractivity contribution >= 4 is 29.2 Å². The molecule has 250 valence electrons. The van der Waals surface area contributed by atoms with Crippen molar-refractivity contribution in [2.45, 2.75) is 53.4 Å². The van der Waals surface area contributed by atoms with Gasteiger partial charge >= 0.3 is 0 Å². The number of Topliss-reactive ketones (excluding diaryl/α,β-unsaturated/α-hetero) is 3. The number of aryl methyl sites for hydroxylation is 1. The molecule has 0 radical (unpaired) electrons. The number of anilines is 1. The number of aromatic nitrogens is 3. The number of para-hydroxylation sites is 1. The second-order valence-corrected chi connectivity index (χ2v) is 12.2. The van der Waals surface area contributed by atoms with Crippen LogP contribution in [0.2, 0.25) is 0 Å². The number of nitrogens with two attached hydrogens (primary N) is 1. The van der Waals surface area contributed by atoms with Gasteiger partial charge in [0.1, 0.15) is 29.7 Å². The Morgan fingerprint density at radius 1 is 1.08 bits per heavy atom. The van der Waals surface area contributed by atoms with Crippen LogP contribution in [0.4, 0.5) is 23.4 Å². The number of alkyl halides is 2. The summed E-state index contributed by atoms with van der Waals surface area (Å²) in [7, 11) is 0. The number of allylic oxidation sites excluding steroid dienone is 1. The topological polar surface area (TPSA) is 126 Å². The molecule has 0 saturated heterocycles. The lowest BCUT2D eigenvalue weighted by molar-refractivity contribution is -0.130. The van der Waals surface area contributed by atoms with Crippen molar-refractivity contribution in [1.82, 2.24) is 14.8 Å². The second kappa shape index (κ2) is 13.4. The summed E-state index contributed by atoms with van der Waals surface area (Å²) in [4.78, 5) is 42.6.